The number of nitrogens with one attached hydrogen (secondary N) is 1. The SMILES string of the molecule is CCOc1ccc(-n2cccc2[C@@H]2[C@H](c3ccccn3)NC(=S)N2c2ccc(OC)cc2OC)cc1. The number of methoxy groups -OCH3 is 2. The highest BCUT2D eigenvalue weighted by Gasteiger charge is 2.43. The zero-order chi connectivity index (χ0) is 25.1. The van der Waals surface area contributed by atoms with Crippen LogP contribution in [0.5, 0.6) is 17.2 Å². The highest BCUT2D eigenvalue weighted by atomic mass is 32.1. The first-order valence-corrected chi connectivity index (χ1v) is 12.2. The Morgan fingerprint density at radius 3 is 2.44 bits per heavy atom. The number of nitrogens with zero attached hydrogens (tertiary/aromatic N) is 3. The zero-order valence-corrected chi connectivity index (χ0v) is 21.2. The summed E-state index contributed by atoms with van der Waals surface area (Å²) >= 11 is 5.90. The number of hydrogen-bond donors (Lipinski definition) is 1. The molecule has 1 fully saturated rings. The summed E-state index contributed by atoms with van der Waals surface area (Å²) in [5, 5.41) is 4.11. The van der Waals surface area contributed by atoms with Crippen LogP contribution in [0.2, 0.25) is 0 Å². The molecule has 1 N–H and O–H groups in total. The Kier molecular flexibility index (Phi) is 6.77. The van der Waals surface area contributed by atoms with Gasteiger partial charge >= 0.3 is 0 Å². The monoisotopic (exact) mass is 500 g/mol. The van der Waals surface area contributed by atoms with Gasteiger partial charge in [-0.25, -0.2) is 0 Å². The Balaban J connectivity index is 1.64. The van der Waals surface area contributed by atoms with Crippen LogP contribution in [0.4, 0.5) is 5.69 Å². The van der Waals surface area contributed by atoms with Crippen LogP contribution < -0.4 is 24.4 Å². The fraction of sp³-hybridized carbons (Fsp3) is 0.214. The van der Waals surface area contributed by atoms with Gasteiger partial charge in [0.05, 0.1) is 38.2 Å². The minimum atomic E-state index is -0.198. The summed E-state index contributed by atoms with van der Waals surface area (Å²) in [6, 6.07) is 23.6. The lowest BCUT2D eigenvalue weighted by atomic mass is 10.0. The molecule has 0 amide bonds. The number of pyridine rings is 1. The highest BCUT2D eigenvalue weighted by molar-refractivity contribution is 7.80. The van der Waals surface area contributed by atoms with Crippen LogP contribution in [-0.4, -0.2) is 35.5 Å². The van der Waals surface area contributed by atoms with E-state index in [9.17, 15) is 0 Å². The minimum Gasteiger partial charge on any atom is -0.497 e. The van der Waals surface area contributed by atoms with E-state index in [4.69, 9.17) is 26.4 Å². The fourth-order valence-corrected chi connectivity index (χ4v) is 4.98. The topological polar surface area (TPSA) is 60.8 Å². The van der Waals surface area contributed by atoms with Crippen LogP contribution in [0.25, 0.3) is 5.69 Å². The summed E-state index contributed by atoms with van der Waals surface area (Å²) < 4.78 is 19.0. The van der Waals surface area contributed by atoms with E-state index in [1.165, 1.54) is 0 Å². The van der Waals surface area contributed by atoms with Gasteiger partial charge in [0, 0.05) is 29.8 Å². The van der Waals surface area contributed by atoms with Crippen molar-refractivity contribution in [2.24, 2.45) is 0 Å². The van der Waals surface area contributed by atoms with E-state index in [0.717, 1.165) is 28.5 Å². The molecule has 184 valence electrons. The molecule has 0 unspecified atom stereocenters. The Hall–Kier alpha value is -4.04. The van der Waals surface area contributed by atoms with Crippen LogP contribution in [0, 0.1) is 0 Å². The third-order valence-electron chi connectivity index (χ3n) is 6.25. The van der Waals surface area contributed by atoms with Gasteiger partial charge in [-0.05, 0) is 79.8 Å². The summed E-state index contributed by atoms with van der Waals surface area (Å²) in [5.74, 6) is 2.23. The average Bonchev–Trinajstić information content (AvgIpc) is 3.53. The molecule has 0 aliphatic carbocycles. The van der Waals surface area contributed by atoms with E-state index in [0.29, 0.717) is 23.2 Å². The Morgan fingerprint density at radius 1 is 0.944 bits per heavy atom. The number of rotatable bonds is 8. The van der Waals surface area contributed by atoms with Gasteiger partial charge < -0.3 is 29.0 Å². The molecule has 1 aliphatic rings. The van der Waals surface area contributed by atoms with Crippen LogP contribution in [0.15, 0.2) is 85.2 Å². The maximum absolute atomic E-state index is 5.90. The summed E-state index contributed by atoms with van der Waals surface area (Å²) in [5.41, 5.74) is 3.83. The van der Waals surface area contributed by atoms with Crippen molar-refractivity contribution in [1.82, 2.24) is 14.9 Å². The molecule has 0 saturated carbocycles. The van der Waals surface area contributed by atoms with E-state index in [1.54, 1.807) is 20.4 Å². The van der Waals surface area contributed by atoms with Gasteiger partial charge in [0.15, 0.2) is 5.11 Å². The fourth-order valence-electron chi connectivity index (χ4n) is 4.64. The van der Waals surface area contributed by atoms with Crippen molar-refractivity contribution in [2.75, 3.05) is 25.7 Å². The standard InChI is InChI=1S/C28H28N4O3S/c1-4-35-20-12-10-19(11-13-20)31-17-7-9-24(31)27-26(22-8-5-6-16-29-22)30-28(36)32(27)23-15-14-21(33-2)18-25(23)34-3/h5-18,26-27H,4H2,1-3H3,(H,30,36)/t26-,27+/m0/s1. The van der Waals surface area contributed by atoms with E-state index in [1.807, 2.05) is 61.5 Å². The van der Waals surface area contributed by atoms with Gasteiger partial charge in [0.25, 0.3) is 0 Å². The van der Waals surface area contributed by atoms with Crippen molar-refractivity contribution in [1.29, 1.82) is 0 Å². The molecule has 1 saturated heterocycles. The highest BCUT2D eigenvalue weighted by Crippen LogP contribution is 2.45. The summed E-state index contributed by atoms with van der Waals surface area (Å²) in [6.45, 7) is 2.61. The van der Waals surface area contributed by atoms with Crippen LogP contribution in [-0.2, 0) is 0 Å². The molecule has 2 aromatic heterocycles. The molecule has 2 atom stereocenters. The van der Waals surface area contributed by atoms with Crippen LogP contribution in [0.3, 0.4) is 0 Å². The zero-order valence-electron chi connectivity index (χ0n) is 20.4. The quantitative estimate of drug-likeness (QED) is 0.322. The summed E-state index contributed by atoms with van der Waals surface area (Å²) in [7, 11) is 3.29. The molecule has 5 rings (SSSR count). The number of aromatic nitrogens is 2. The summed E-state index contributed by atoms with van der Waals surface area (Å²) in [6.07, 6.45) is 3.87. The Bertz CT molecular complexity index is 1340. The van der Waals surface area contributed by atoms with Crippen molar-refractivity contribution in [2.45, 2.75) is 19.0 Å². The maximum atomic E-state index is 5.90. The van der Waals surface area contributed by atoms with E-state index < -0.39 is 0 Å². The molecule has 3 heterocycles. The van der Waals surface area contributed by atoms with Crippen LogP contribution >= 0.6 is 12.2 Å². The largest absolute Gasteiger partial charge is 0.497 e. The third-order valence-corrected chi connectivity index (χ3v) is 6.57. The normalized spacial score (nSPS) is 17.1. The molecule has 4 aromatic rings. The van der Waals surface area contributed by atoms with Gasteiger partial charge in [0.1, 0.15) is 23.3 Å². The number of hydrogen-bond acceptors (Lipinski definition) is 5. The smallest absolute Gasteiger partial charge is 0.174 e. The lowest BCUT2D eigenvalue weighted by molar-refractivity contribution is 0.340. The predicted octanol–water partition coefficient (Wildman–Crippen LogP) is 5.47. The second kappa shape index (κ2) is 10.3. The lowest BCUT2D eigenvalue weighted by Crippen LogP contribution is -2.30. The molecular formula is C28H28N4O3S. The molecular weight excluding hydrogens is 472 g/mol. The van der Waals surface area contributed by atoms with Gasteiger partial charge in [-0.3, -0.25) is 4.98 Å². The Morgan fingerprint density at radius 2 is 1.75 bits per heavy atom. The van der Waals surface area contributed by atoms with Crippen molar-refractivity contribution >= 4 is 23.0 Å². The Labute approximate surface area is 216 Å². The molecule has 7 nitrogen and oxygen atoms in total. The second-order valence-corrected chi connectivity index (χ2v) is 8.65. The predicted molar refractivity (Wildman–Crippen MR) is 144 cm³/mol. The van der Waals surface area contributed by atoms with Crippen LogP contribution in [0.1, 0.15) is 30.4 Å². The first-order valence-electron chi connectivity index (χ1n) is 11.8. The van der Waals surface area contributed by atoms with Crippen molar-refractivity contribution in [3.05, 3.63) is 96.6 Å². The van der Waals surface area contributed by atoms with E-state index in [2.05, 4.69) is 44.2 Å². The first-order chi connectivity index (χ1) is 17.6. The van der Waals surface area contributed by atoms with Crippen molar-refractivity contribution in [3.63, 3.8) is 0 Å². The summed E-state index contributed by atoms with van der Waals surface area (Å²) in [4.78, 5) is 6.77. The third kappa shape index (κ3) is 4.35. The molecule has 1 aliphatic heterocycles. The molecule has 0 bridgehead atoms. The van der Waals surface area contributed by atoms with E-state index in [-0.39, 0.29) is 12.1 Å². The number of anilines is 1. The molecule has 0 spiro atoms. The van der Waals surface area contributed by atoms with Gasteiger partial charge in [-0.1, -0.05) is 6.07 Å². The van der Waals surface area contributed by atoms with Gasteiger partial charge in [-0.15, -0.1) is 0 Å². The van der Waals surface area contributed by atoms with Crippen molar-refractivity contribution < 1.29 is 14.2 Å². The number of benzene rings is 2. The molecule has 36 heavy (non-hydrogen) atoms. The van der Waals surface area contributed by atoms with E-state index >= 15 is 0 Å². The average molecular weight is 501 g/mol. The first kappa shape index (κ1) is 23.7. The minimum absolute atomic E-state index is 0.179. The maximum Gasteiger partial charge on any atom is 0.174 e. The van der Waals surface area contributed by atoms with Gasteiger partial charge in [0.2, 0.25) is 0 Å². The molecule has 2 aromatic carbocycles. The van der Waals surface area contributed by atoms with Gasteiger partial charge in [-0.2, -0.15) is 0 Å². The number of thiocarbonyl (C=S) groups is 1. The second-order valence-electron chi connectivity index (χ2n) is 8.26. The molecule has 0 radical (unpaired) electrons. The molecule has 8 heteroatoms. The number of ether oxygens (including phenoxy) is 3. The lowest BCUT2D eigenvalue weighted by Gasteiger charge is -2.30. The van der Waals surface area contributed by atoms with Crippen molar-refractivity contribution in [3.8, 4) is 22.9 Å².